The second-order valence-corrected chi connectivity index (χ2v) is 8.97. The predicted octanol–water partition coefficient (Wildman–Crippen LogP) is 3.67. The van der Waals surface area contributed by atoms with Crippen LogP contribution in [-0.2, 0) is 17.4 Å². The summed E-state index contributed by atoms with van der Waals surface area (Å²) < 4.78 is 21.1. The standard InChI is InChI=1S/C18H24N2O2S/c1-18(2,3)23(21)20-15-11-7-10-14-16(15)12-8-5-6-9-13(12)17(19-14)22-4/h5-6,8-9,15,20H,7,10-11H2,1-4H3/t15?,23-/m0/s1. The first kappa shape index (κ1) is 16.4. The maximum atomic E-state index is 12.6. The Morgan fingerprint density at radius 3 is 2.61 bits per heavy atom. The lowest BCUT2D eigenvalue weighted by Gasteiger charge is -2.30. The molecule has 0 spiro atoms. The van der Waals surface area contributed by atoms with E-state index in [9.17, 15) is 4.21 Å². The van der Waals surface area contributed by atoms with Gasteiger partial charge in [0.05, 0.1) is 22.8 Å². The van der Waals surface area contributed by atoms with E-state index in [0.717, 1.165) is 35.7 Å². The molecule has 0 saturated carbocycles. The third-order valence-corrected chi connectivity index (χ3v) is 5.86. The van der Waals surface area contributed by atoms with Crippen LogP contribution in [0.1, 0.15) is 50.9 Å². The smallest absolute Gasteiger partial charge is 0.221 e. The van der Waals surface area contributed by atoms with Crippen molar-refractivity contribution < 1.29 is 8.95 Å². The Morgan fingerprint density at radius 2 is 1.96 bits per heavy atom. The van der Waals surface area contributed by atoms with E-state index < -0.39 is 11.0 Å². The Balaban J connectivity index is 2.11. The van der Waals surface area contributed by atoms with Gasteiger partial charge in [0.15, 0.2) is 0 Å². The quantitative estimate of drug-likeness (QED) is 0.933. The maximum Gasteiger partial charge on any atom is 0.221 e. The number of aryl methyl sites for hydroxylation is 1. The molecule has 0 radical (unpaired) electrons. The zero-order valence-corrected chi connectivity index (χ0v) is 15.0. The molecule has 5 heteroatoms. The van der Waals surface area contributed by atoms with Gasteiger partial charge >= 0.3 is 0 Å². The summed E-state index contributed by atoms with van der Waals surface area (Å²) in [6, 6.07) is 8.25. The monoisotopic (exact) mass is 332 g/mol. The van der Waals surface area contributed by atoms with E-state index in [0.29, 0.717) is 5.88 Å². The zero-order chi connectivity index (χ0) is 16.6. The highest BCUT2D eigenvalue weighted by molar-refractivity contribution is 7.84. The summed E-state index contributed by atoms with van der Waals surface area (Å²) in [5, 5.41) is 2.17. The van der Waals surface area contributed by atoms with E-state index in [-0.39, 0.29) is 10.8 Å². The second kappa shape index (κ2) is 6.21. The zero-order valence-electron chi connectivity index (χ0n) is 14.2. The molecule has 23 heavy (non-hydrogen) atoms. The van der Waals surface area contributed by atoms with Crippen molar-refractivity contribution in [3.8, 4) is 5.88 Å². The topological polar surface area (TPSA) is 51.2 Å². The minimum atomic E-state index is -1.10. The molecule has 124 valence electrons. The molecule has 1 aromatic heterocycles. The Hall–Kier alpha value is -1.46. The molecule has 1 aliphatic rings. The molecule has 1 N–H and O–H groups in total. The van der Waals surface area contributed by atoms with E-state index in [1.165, 1.54) is 5.56 Å². The molecule has 1 heterocycles. The van der Waals surface area contributed by atoms with Crippen molar-refractivity contribution in [2.45, 2.75) is 50.8 Å². The molecule has 2 aromatic rings. The van der Waals surface area contributed by atoms with E-state index in [1.54, 1.807) is 7.11 Å². The first-order valence-corrected chi connectivity index (χ1v) is 9.20. The lowest BCUT2D eigenvalue weighted by Crippen LogP contribution is -2.37. The number of nitrogens with zero attached hydrogens (tertiary/aromatic N) is 1. The molecule has 0 aliphatic heterocycles. The van der Waals surface area contributed by atoms with E-state index >= 15 is 0 Å². The molecular weight excluding hydrogens is 308 g/mol. The first-order chi connectivity index (χ1) is 10.9. The lowest BCUT2D eigenvalue weighted by atomic mass is 9.88. The third kappa shape index (κ3) is 3.12. The van der Waals surface area contributed by atoms with Gasteiger partial charge in [-0.1, -0.05) is 18.2 Å². The summed E-state index contributed by atoms with van der Waals surface area (Å²) in [6.07, 6.45) is 2.96. The molecule has 0 bridgehead atoms. The van der Waals surface area contributed by atoms with Crippen LogP contribution in [0.5, 0.6) is 5.88 Å². The van der Waals surface area contributed by atoms with Crippen molar-refractivity contribution in [3.63, 3.8) is 0 Å². The summed E-state index contributed by atoms with van der Waals surface area (Å²) in [5.74, 6) is 0.678. The summed E-state index contributed by atoms with van der Waals surface area (Å²) in [4.78, 5) is 4.72. The van der Waals surface area contributed by atoms with Crippen molar-refractivity contribution in [1.29, 1.82) is 0 Å². The SMILES string of the molecule is COc1nc2c(c3ccccc13)C(N[S@@](=O)C(C)(C)C)CCC2. The van der Waals surface area contributed by atoms with Gasteiger partial charge in [-0.2, -0.15) is 0 Å². The number of hydrogen-bond donors (Lipinski definition) is 1. The number of aromatic nitrogens is 1. The fourth-order valence-corrected chi connectivity index (χ4v) is 3.93. The van der Waals surface area contributed by atoms with Gasteiger partial charge in [-0.25, -0.2) is 13.9 Å². The van der Waals surface area contributed by atoms with Crippen molar-refractivity contribution in [2.24, 2.45) is 0 Å². The number of rotatable bonds is 3. The van der Waals surface area contributed by atoms with Gasteiger partial charge in [-0.15, -0.1) is 0 Å². The number of benzene rings is 1. The van der Waals surface area contributed by atoms with Crippen LogP contribution in [0.15, 0.2) is 24.3 Å². The van der Waals surface area contributed by atoms with Crippen LogP contribution in [-0.4, -0.2) is 21.0 Å². The van der Waals surface area contributed by atoms with Crippen LogP contribution in [0.4, 0.5) is 0 Å². The minimum absolute atomic E-state index is 0.0714. The Labute approximate surface area is 140 Å². The first-order valence-electron chi connectivity index (χ1n) is 8.05. The minimum Gasteiger partial charge on any atom is -0.481 e. The predicted molar refractivity (Wildman–Crippen MR) is 95.0 cm³/mol. The van der Waals surface area contributed by atoms with Gasteiger partial charge in [-0.3, -0.25) is 0 Å². The number of pyridine rings is 1. The molecule has 0 fully saturated rings. The molecule has 1 aliphatic carbocycles. The van der Waals surface area contributed by atoms with Crippen LogP contribution < -0.4 is 9.46 Å². The molecule has 2 atom stereocenters. The summed E-state index contributed by atoms with van der Waals surface area (Å²) in [6.45, 7) is 5.97. The molecule has 0 saturated heterocycles. The van der Waals surface area contributed by atoms with E-state index in [4.69, 9.17) is 9.72 Å². The van der Waals surface area contributed by atoms with Gasteiger partial charge in [0, 0.05) is 17.1 Å². The van der Waals surface area contributed by atoms with Crippen LogP contribution in [0, 0.1) is 0 Å². The highest BCUT2D eigenvalue weighted by Gasteiger charge is 2.29. The van der Waals surface area contributed by atoms with Gasteiger partial charge in [-0.05, 0) is 57.0 Å². The average molecular weight is 332 g/mol. The molecule has 0 amide bonds. The van der Waals surface area contributed by atoms with Gasteiger partial charge in [0.25, 0.3) is 0 Å². The Morgan fingerprint density at radius 1 is 1.26 bits per heavy atom. The average Bonchev–Trinajstić information content (AvgIpc) is 2.53. The molecular formula is C18H24N2O2S. The van der Waals surface area contributed by atoms with E-state index in [1.807, 2.05) is 39.0 Å². The van der Waals surface area contributed by atoms with Crippen LogP contribution in [0.25, 0.3) is 10.8 Å². The Kier molecular flexibility index (Phi) is 4.43. The second-order valence-electron chi connectivity index (χ2n) is 6.97. The third-order valence-electron chi connectivity index (χ3n) is 4.25. The fraction of sp³-hybridized carbons (Fsp3) is 0.500. The fourth-order valence-electron chi connectivity index (χ4n) is 3.08. The molecule has 4 nitrogen and oxygen atoms in total. The van der Waals surface area contributed by atoms with E-state index in [2.05, 4.69) is 10.8 Å². The number of hydrogen-bond acceptors (Lipinski definition) is 3. The Bertz CT molecular complexity index is 753. The molecule has 3 rings (SSSR count). The summed E-state index contributed by atoms with van der Waals surface area (Å²) in [7, 11) is 0.560. The van der Waals surface area contributed by atoms with Crippen molar-refractivity contribution in [2.75, 3.05) is 7.11 Å². The normalized spacial score (nSPS) is 19.4. The van der Waals surface area contributed by atoms with Crippen LogP contribution in [0.2, 0.25) is 0 Å². The number of ether oxygens (including phenoxy) is 1. The van der Waals surface area contributed by atoms with Crippen molar-refractivity contribution in [1.82, 2.24) is 9.71 Å². The number of nitrogens with one attached hydrogen (secondary N) is 1. The summed E-state index contributed by atoms with van der Waals surface area (Å²) >= 11 is 0. The molecule has 1 unspecified atom stereocenters. The highest BCUT2D eigenvalue weighted by Crippen LogP contribution is 2.38. The van der Waals surface area contributed by atoms with Gasteiger partial charge in [0.2, 0.25) is 5.88 Å². The maximum absolute atomic E-state index is 12.6. The van der Waals surface area contributed by atoms with Crippen LogP contribution in [0.3, 0.4) is 0 Å². The largest absolute Gasteiger partial charge is 0.481 e. The lowest BCUT2D eigenvalue weighted by molar-refractivity contribution is 0.399. The van der Waals surface area contributed by atoms with Gasteiger partial charge < -0.3 is 4.74 Å². The van der Waals surface area contributed by atoms with Crippen molar-refractivity contribution >= 4 is 21.8 Å². The van der Waals surface area contributed by atoms with Crippen molar-refractivity contribution in [3.05, 3.63) is 35.5 Å². The molecule has 1 aromatic carbocycles. The number of fused-ring (bicyclic) bond motifs is 3. The van der Waals surface area contributed by atoms with Crippen LogP contribution >= 0.6 is 0 Å². The summed E-state index contributed by atoms with van der Waals surface area (Å²) in [5.41, 5.74) is 2.25. The highest BCUT2D eigenvalue weighted by atomic mass is 32.2. The van der Waals surface area contributed by atoms with Gasteiger partial charge in [0.1, 0.15) is 0 Å². The number of methoxy groups -OCH3 is 1.